The molecule has 25 heavy (non-hydrogen) atoms. The highest BCUT2D eigenvalue weighted by atomic mass is 16.5. The van der Waals surface area contributed by atoms with Crippen molar-refractivity contribution in [1.29, 1.82) is 0 Å². The van der Waals surface area contributed by atoms with Crippen molar-refractivity contribution < 1.29 is 19.1 Å². The Kier molecular flexibility index (Phi) is 7.51. The molecule has 0 bridgehead atoms. The quantitative estimate of drug-likeness (QED) is 0.608. The first-order chi connectivity index (χ1) is 12.1. The van der Waals surface area contributed by atoms with Gasteiger partial charge in [0.15, 0.2) is 6.61 Å². The van der Waals surface area contributed by atoms with Crippen molar-refractivity contribution in [2.45, 2.75) is 45.6 Å². The molecule has 1 amide bonds. The van der Waals surface area contributed by atoms with Crippen LogP contribution in [0.15, 0.2) is 30.3 Å². The minimum atomic E-state index is -0.527. The van der Waals surface area contributed by atoms with Gasteiger partial charge in [-0.2, -0.15) is 0 Å². The molecule has 2 rings (SSSR count). The lowest BCUT2D eigenvalue weighted by Gasteiger charge is -2.29. The summed E-state index contributed by atoms with van der Waals surface area (Å²) in [4.78, 5) is 23.6. The molecule has 5 heteroatoms. The van der Waals surface area contributed by atoms with Gasteiger partial charge in [-0.1, -0.05) is 31.9 Å². The number of ether oxygens (including phenoxy) is 2. The fourth-order valence-electron chi connectivity index (χ4n) is 2.97. The fraction of sp³-hybridized carbons (Fsp3) is 0.500. The van der Waals surface area contributed by atoms with Gasteiger partial charge in [-0.05, 0) is 49.5 Å². The minimum absolute atomic E-state index is 0.194. The normalized spacial score (nSPS) is 20.2. The first kappa shape index (κ1) is 19.0. The van der Waals surface area contributed by atoms with Gasteiger partial charge < -0.3 is 14.8 Å². The molecular weight excluding hydrogens is 318 g/mol. The molecule has 1 aliphatic carbocycles. The van der Waals surface area contributed by atoms with Gasteiger partial charge in [0.05, 0.1) is 6.61 Å². The van der Waals surface area contributed by atoms with Gasteiger partial charge in [-0.15, -0.1) is 0 Å². The molecule has 0 aromatic heterocycles. The van der Waals surface area contributed by atoms with Crippen molar-refractivity contribution in [3.8, 4) is 5.75 Å². The van der Waals surface area contributed by atoms with Gasteiger partial charge in [0.1, 0.15) is 5.75 Å². The minimum Gasteiger partial charge on any atom is -0.494 e. The Bertz CT molecular complexity index is 594. The molecule has 1 N–H and O–H groups in total. The van der Waals surface area contributed by atoms with E-state index in [1.165, 1.54) is 12.5 Å². The number of hydrogen-bond acceptors (Lipinski definition) is 4. The largest absolute Gasteiger partial charge is 0.494 e. The summed E-state index contributed by atoms with van der Waals surface area (Å²) in [6.07, 6.45) is 7.47. The number of amides is 1. The average Bonchev–Trinajstić information content (AvgIpc) is 2.61. The van der Waals surface area contributed by atoms with Crippen LogP contribution in [0.5, 0.6) is 5.75 Å². The number of hydrogen-bond donors (Lipinski definition) is 1. The Balaban J connectivity index is 1.73. The van der Waals surface area contributed by atoms with Gasteiger partial charge in [-0.25, -0.2) is 4.79 Å². The van der Waals surface area contributed by atoms with Crippen LogP contribution in [0.4, 0.5) is 0 Å². The zero-order valence-electron chi connectivity index (χ0n) is 15.0. The molecule has 0 heterocycles. The van der Waals surface area contributed by atoms with Crippen LogP contribution >= 0.6 is 0 Å². The number of nitrogens with one attached hydrogen (secondary N) is 1. The molecule has 5 nitrogen and oxygen atoms in total. The molecule has 2 unspecified atom stereocenters. The summed E-state index contributed by atoms with van der Waals surface area (Å²) < 4.78 is 10.4. The van der Waals surface area contributed by atoms with Crippen LogP contribution in [0, 0.1) is 5.92 Å². The summed E-state index contributed by atoms with van der Waals surface area (Å²) in [5.74, 6) is 0.506. The molecule has 1 fully saturated rings. The third-order valence-electron chi connectivity index (χ3n) is 4.41. The first-order valence-electron chi connectivity index (χ1n) is 8.95. The Morgan fingerprint density at radius 2 is 1.92 bits per heavy atom. The molecule has 1 saturated carbocycles. The van der Waals surface area contributed by atoms with E-state index >= 15 is 0 Å². The molecule has 0 radical (unpaired) electrons. The summed E-state index contributed by atoms with van der Waals surface area (Å²) in [6.45, 7) is 4.45. The van der Waals surface area contributed by atoms with Gasteiger partial charge >= 0.3 is 5.97 Å². The second-order valence-corrected chi connectivity index (χ2v) is 6.38. The first-order valence-corrected chi connectivity index (χ1v) is 8.95. The molecule has 0 saturated heterocycles. The van der Waals surface area contributed by atoms with Crippen LogP contribution in [-0.2, 0) is 14.3 Å². The monoisotopic (exact) mass is 345 g/mol. The molecule has 136 valence electrons. The van der Waals surface area contributed by atoms with Crippen LogP contribution in [0.3, 0.4) is 0 Å². The van der Waals surface area contributed by atoms with Crippen LogP contribution in [-0.4, -0.2) is 31.1 Å². The van der Waals surface area contributed by atoms with Crippen LogP contribution < -0.4 is 10.1 Å². The summed E-state index contributed by atoms with van der Waals surface area (Å²) in [5, 5.41) is 2.96. The molecule has 2 atom stereocenters. The Morgan fingerprint density at radius 3 is 2.60 bits per heavy atom. The number of carbonyl (C=O) groups is 2. The van der Waals surface area contributed by atoms with E-state index in [0.29, 0.717) is 12.5 Å². The molecule has 0 spiro atoms. The van der Waals surface area contributed by atoms with Crippen molar-refractivity contribution in [2.75, 3.05) is 13.2 Å². The van der Waals surface area contributed by atoms with Crippen molar-refractivity contribution in [2.24, 2.45) is 5.92 Å². The number of rotatable bonds is 7. The van der Waals surface area contributed by atoms with E-state index in [1.807, 2.05) is 31.2 Å². The maximum absolute atomic E-state index is 11.9. The van der Waals surface area contributed by atoms with Crippen molar-refractivity contribution in [3.63, 3.8) is 0 Å². The number of carbonyl (C=O) groups excluding carboxylic acids is 2. The Labute approximate surface area is 149 Å². The highest BCUT2D eigenvalue weighted by Crippen LogP contribution is 2.23. The summed E-state index contributed by atoms with van der Waals surface area (Å²) >= 11 is 0. The molecular formula is C20H27NO4. The number of benzene rings is 1. The lowest BCUT2D eigenvalue weighted by molar-refractivity contribution is -0.144. The second-order valence-electron chi connectivity index (χ2n) is 6.38. The van der Waals surface area contributed by atoms with E-state index in [1.54, 1.807) is 6.08 Å². The lowest BCUT2D eigenvalue weighted by Crippen LogP contribution is -2.42. The standard InChI is InChI=1S/C20H27NO4/c1-3-24-17-11-8-16(9-12-17)10-13-20(23)25-14-19(22)21-18-7-5-4-6-15(18)2/h8-13,15,18H,3-7,14H2,1-2H3,(H,21,22). The van der Waals surface area contributed by atoms with Gasteiger partial charge in [-0.3, -0.25) is 4.79 Å². The second kappa shape index (κ2) is 9.87. The van der Waals surface area contributed by atoms with Gasteiger partial charge in [0, 0.05) is 12.1 Å². The molecule has 1 aliphatic rings. The predicted molar refractivity (Wildman–Crippen MR) is 97.2 cm³/mol. The fourth-order valence-corrected chi connectivity index (χ4v) is 2.97. The van der Waals surface area contributed by atoms with E-state index in [2.05, 4.69) is 12.2 Å². The predicted octanol–water partition coefficient (Wildman–Crippen LogP) is 3.34. The molecule has 0 aliphatic heterocycles. The van der Waals surface area contributed by atoms with Crippen molar-refractivity contribution >= 4 is 18.0 Å². The van der Waals surface area contributed by atoms with E-state index in [4.69, 9.17) is 9.47 Å². The van der Waals surface area contributed by atoms with E-state index in [-0.39, 0.29) is 18.6 Å². The summed E-state index contributed by atoms with van der Waals surface area (Å²) in [6, 6.07) is 7.58. The maximum Gasteiger partial charge on any atom is 0.331 e. The SMILES string of the molecule is CCOc1ccc(C=CC(=O)OCC(=O)NC2CCCCC2C)cc1. The summed E-state index contributed by atoms with van der Waals surface area (Å²) in [5.41, 5.74) is 0.862. The third-order valence-corrected chi connectivity index (χ3v) is 4.41. The Morgan fingerprint density at radius 1 is 1.20 bits per heavy atom. The lowest BCUT2D eigenvalue weighted by atomic mass is 9.86. The van der Waals surface area contributed by atoms with Gasteiger partial charge in [0.2, 0.25) is 0 Å². The van der Waals surface area contributed by atoms with Crippen LogP contribution in [0.25, 0.3) is 6.08 Å². The molecule has 1 aromatic rings. The van der Waals surface area contributed by atoms with Crippen LogP contribution in [0.2, 0.25) is 0 Å². The number of esters is 1. The van der Waals surface area contributed by atoms with Crippen molar-refractivity contribution in [3.05, 3.63) is 35.9 Å². The van der Waals surface area contributed by atoms with E-state index in [9.17, 15) is 9.59 Å². The Hall–Kier alpha value is -2.30. The summed E-state index contributed by atoms with van der Waals surface area (Å²) in [7, 11) is 0. The van der Waals surface area contributed by atoms with E-state index in [0.717, 1.165) is 30.6 Å². The van der Waals surface area contributed by atoms with Crippen LogP contribution in [0.1, 0.15) is 45.1 Å². The average molecular weight is 345 g/mol. The van der Waals surface area contributed by atoms with Gasteiger partial charge in [0.25, 0.3) is 5.91 Å². The highest BCUT2D eigenvalue weighted by Gasteiger charge is 2.22. The highest BCUT2D eigenvalue weighted by molar-refractivity contribution is 5.89. The zero-order valence-corrected chi connectivity index (χ0v) is 15.0. The maximum atomic E-state index is 11.9. The molecule has 1 aromatic carbocycles. The topological polar surface area (TPSA) is 64.6 Å². The van der Waals surface area contributed by atoms with E-state index < -0.39 is 5.97 Å². The smallest absolute Gasteiger partial charge is 0.331 e. The third kappa shape index (κ3) is 6.61. The van der Waals surface area contributed by atoms with Crippen molar-refractivity contribution in [1.82, 2.24) is 5.32 Å². The zero-order chi connectivity index (χ0) is 18.1.